The second-order valence-corrected chi connectivity index (χ2v) is 7.71. The van der Waals surface area contributed by atoms with Gasteiger partial charge in [-0.05, 0) is 38.2 Å². The van der Waals surface area contributed by atoms with Crippen LogP contribution in [0.25, 0.3) is 0 Å². The van der Waals surface area contributed by atoms with Gasteiger partial charge < -0.3 is 15.8 Å². The van der Waals surface area contributed by atoms with Crippen LogP contribution in [0, 0.1) is 0 Å². The van der Waals surface area contributed by atoms with Gasteiger partial charge in [-0.1, -0.05) is 30.3 Å². The fourth-order valence-electron chi connectivity index (χ4n) is 4.82. The number of ether oxygens (including phenoxy) is 1. The number of methoxy groups -OCH3 is 1. The van der Waals surface area contributed by atoms with Crippen molar-refractivity contribution in [3.63, 3.8) is 0 Å². The minimum absolute atomic E-state index is 0.0923. The molecule has 4 atom stereocenters. The van der Waals surface area contributed by atoms with Crippen molar-refractivity contribution < 1.29 is 9.53 Å². The lowest BCUT2D eigenvalue weighted by atomic mass is 9.93. The number of benzene rings is 1. The number of fused-ring (bicyclic) bond motifs is 2. The maximum Gasteiger partial charge on any atom is 0.258 e. The van der Waals surface area contributed by atoms with Crippen molar-refractivity contribution in [3.8, 4) is 5.88 Å². The van der Waals surface area contributed by atoms with Crippen LogP contribution < -0.4 is 15.8 Å². The van der Waals surface area contributed by atoms with E-state index in [9.17, 15) is 4.79 Å². The fourth-order valence-corrected chi connectivity index (χ4v) is 4.82. The summed E-state index contributed by atoms with van der Waals surface area (Å²) in [5.74, 6) is 0.101. The van der Waals surface area contributed by atoms with E-state index >= 15 is 0 Å². The second kappa shape index (κ2) is 7.75. The summed E-state index contributed by atoms with van der Waals surface area (Å²) in [5.41, 5.74) is 7.26. The van der Waals surface area contributed by atoms with Crippen molar-refractivity contribution in [1.29, 1.82) is 0 Å². The van der Waals surface area contributed by atoms with Gasteiger partial charge in [-0.25, -0.2) is 4.98 Å². The normalized spacial score (nSPS) is 25.3. The van der Waals surface area contributed by atoms with Crippen molar-refractivity contribution in [2.24, 2.45) is 0 Å². The Morgan fingerprint density at radius 2 is 1.93 bits per heavy atom. The van der Waals surface area contributed by atoms with Crippen molar-refractivity contribution >= 4 is 11.9 Å². The summed E-state index contributed by atoms with van der Waals surface area (Å²) < 4.78 is 5.19. The van der Waals surface area contributed by atoms with Crippen LogP contribution in [0.1, 0.15) is 54.6 Å². The first-order valence-electron chi connectivity index (χ1n) is 9.86. The van der Waals surface area contributed by atoms with Crippen LogP contribution in [0.15, 0.2) is 36.5 Å². The molecule has 2 saturated heterocycles. The molecular formula is C21H27N5O2. The molecule has 2 aliphatic heterocycles. The molecule has 0 aliphatic carbocycles. The van der Waals surface area contributed by atoms with Gasteiger partial charge in [0, 0.05) is 30.4 Å². The molecule has 3 heterocycles. The molecule has 1 amide bonds. The average molecular weight is 381 g/mol. The van der Waals surface area contributed by atoms with Gasteiger partial charge >= 0.3 is 0 Å². The summed E-state index contributed by atoms with van der Waals surface area (Å²) in [6.07, 6.45) is 5.71. The monoisotopic (exact) mass is 381 g/mol. The Balaban J connectivity index is 1.44. The third-order valence-corrected chi connectivity index (χ3v) is 6.06. The summed E-state index contributed by atoms with van der Waals surface area (Å²) in [5, 5.41) is 3.16. The van der Waals surface area contributed by atoms with Crippen molar-refractivity contribution in [1.82, 2.24) is 20.2 Å². The number of nitrogen functional groups attached to an aromatic ring is 1. The van der Waals surface area contributed by atoms with Gasteiger partial charge in [-0.2, -0.15) is 4.98 Å². The number of nitrogens with one attached hydrogen (secondary N) is 1. The molecule has 0 radical (unpaired) electrons. The molecule has 1 aromatic heterocycles. The smallest absolute Gasteiger partial charge is 0.258 e. The predicted molar refractivity (Wildman–Crippen MR) is 107 cm³/mol. The largest absolute Gasteiger partial charge is 0.480 e. The lowest BCUT2D eigenvalue weighted by molar-refractivity contribution is 0.0689. The minimum atomic E-state index is -0.203. The van der Waals surface area contributed by atoms with Gasteiger partial charge in [0.2, 0.25) is 11.8 Å². The molecule has 148 valence electrons. The molecule has 2 aliphatic rings. The number of amides is 1. The van der Waals surface area contributed by atoms with E-state index in [0.29, 0.717) is 23.7 Å². The first-order valence-corrected chi connectivity index (χ1v) is 9.86. The summed E-state index contributed by atoms with van der Waals surface area (Å²) in [7, 11) is 1.47. The zero-order valence-electron chi connectivity index (χ0n) is 16.3. The maximum absolute atomic E-state index is 12.7. The number of carbonyl (C=O) groups excluding carboxylic acids is 1. The topological polar surface area (TPSA) is 93.4 Å². The van der Waals surface area contributed by atoms with Crippen LogP contribution in [0.3, 0.4) is 0 Å². The Hall–Kier alpha value is -2.67. The first-order chi connectivity index (χ1) is 13.6. The highest BCUT2D eigenvalue weighted by Gasteiger charge is 2.43. The van der Waals surface area contributed by atoms with Crippen LogP contribution in [0.2, 0.25) is 0 Å². The third-order valence-electron chi connectivity index (χ3n) is 6.06. The van der Waals surface area contributed by atoms with Crippen LogP contribution in [0.5, 0.6) is 5.88 Å². The number of rotatable bonds is 5. The number of anilines is 1. The molecule has 4 rings (SSSR count). The first kappa shape index (κ1) is 18.7. The van der Waals surface area contributed by atoms with E-state index in [1.807, 2.05) is 0 Å². The zero-order valence-corrected chi connectivity index (χ0v) is 16.3. The van der Waals surface area contributed by atoms with Gasteiger partial charge in [0.1, 0.15) is 5.56 Å². The third kappa shape index (κ3) is 3.54. The van der Waals surface area contributed by atoms with E-state index in [-0.39, 0.29) is 23.8 Å². The van der Waals surface area contributed by atoms with E-state index in [0.717, 1.165) is 12.8 Å². The lowest BCUT2D eigenvalue weighted by Crippen LogP contribution is -2.51. The molecule has 0 saturated carbocycles. The lowest BCUT2D eigenvalue weighted by Gasteiger charge is -2.42. The maximum atomic E-state index is 12.7. The summed E-state index contributed by atoms with van der Waals surface area (Å²) in [6.45, 7) is 2.29. The minimum Gasteiger partial charge on any atom is -0.480 e. The number of hydrogen-bond acceptors (Lipinski definition) is 6. The molecular weight excluding hydrogens is 354 g/mol. The number of nitrogens with two attached hydrogens (primary N) is 1. The van der Waals surface area contributed by atoms with Crippen LogP contribution in [-0.4, -0.2) is 46.0 Å². The molecule has 2 fully saturated rings. The number of aromatic nitrogens is 2. The fraction of sp³-hybridized carbons (Fsp3) is 0.476. The highest BCUT2D eigenvalue weighted by atomic mass is 16.5. The highest BCUT2D eigenvalue weighted by molar-refractivity contribution is 5.96. The predicted octanol–water partition coefficient (Wildman–Crippen LogP) is 2.55. The SMILES string of the molecule is COc1nc(N)ncc1C(=O)NC1C[C@H]2CC[C@@H](C1)N2C(C)c1ccccc1. The van der Waals surface area contributed by atoms with E-state index < -0.39 is 0 Å². The van der Waals surface area contributed by atoms with Gasteiger partial charge in [-0.15, -0.1) is 0 Å². The molecule has 0 spiro atoms. The van der Waals surface area contributed by atoms with Gasteiger partial charge in [-0.3, -0.25) is 9.69 Å². The van der Waals surface area contributed by atoms with E-state index in [4.69, 9.17) is 10.5 Å². The molecule has 2 unspecified atom stereocenters. The number of nitrogens with zero attached hydrogens (tertiary/aromatic N) is 3. The standard InChI is InChI=1S/C21H27N5O2/c1-13(14-6-4-3-5-7-14)26-16-8-9-17(26)11-15(10-16)24-19(27)18-12-23-21(22)25-20(18)28-2/h3-7,12-13,15-17H,8-11H2,1-2H3,(H,24,27)(H2,22,23,25)/t13?,15?,16-,17+. The highest BCUT2D eigenvalue weighted by Crippen LogP contribution is 2.41. The van der Waals surface area contributed by atoms with Gasteiger partial charge in [0.25, 0.3) is 5.91 Å². The van der Waals surface area contributed by atoms with E-state index in [2.05, 4.69) is 57.4 Å². The number of piperidine rings is 1. The van der Waals surface area contributed by atoms with E-state index in [1.165, 1.54) is 31.7 Å². The van der Waals surface area contributed by atoms with Crippen molar-refractivity contribution in [2.45, 2.75) is 56.8 Å². The second-order valence-electron chi connectivity index (χ2n) is 7.71. The van der Waals surface area contributed by atoms with Gasteiger partial charge in [0.05, 0.1) is 7.11 Å². The van der Waals surface area contributed by atoms with Crippen LogP contribution in [0.4, 0.5) is 5.95 Å². The Morgan fingerprint density at radius 1 is 1.25 bits per heavy atom. The summed E-state index contributed by atoms with van der Waals surface area (Å²) in [4.78, 5) is 23.3. The molecule has 7 heteroatoms. The Morgan fingerprint density at radius 3 is 2.57 bits per heavy atom. The average Bonchev–Trinajstić information content (AvgIpc) is 2.98. The van der Waals surface area contributed by atoms with E-state index in [1.54, 1.807) is 0 Å². The molecule has 3 N–H and O–H groups in total. The Labute approximate surface area is 165 Å². The van der Waals surface area contributed by atoms with Gasteiger partial charge in [0.15, 0.2) is 0 Å². The van der Waals surface area contributed by atoms with Crippen molar-refractivity contribution in [2.75, 3.05) is 12.8 Å². The van der Waals surface area contributed by atoms with Crippen LogP contribution >= 0.6 is 0 Å². The quantitative estimate of drug-likeness (QED) is 0.827. The molecule has 2 bridgehead atoms. The summed E-state index contributed by atoms with van der Waals surface area (Å²) in [6, 6.07) is 12.2. The summed E-state index contributed by atoms with van der Waals surface area (Å²) >= 11 is 0. The molecule has 7 nitrogen and oxygen atoms in total. The molecule has 1 aromatic carbocycles. The number of carbonyl (C=O) groups is 1. The van der Waals surface area contributed by atoms with Crippen LogP contribution in [-0.2, 0) is 0 Å². The Kier molecular flexibility index (Phi) is 5.17. The zero-order chi connectivity index (χ0) is 19.7. The molecule has 2 aromatic rings. The molecule has 28 heavy (non-hydrogen) atoms. The van der Waals surface area contributed by atoms with Crippen molar-refractivity contribution in [3.05, 3.63) is 47.7 Å². The number of hydrogen-bond donors (Lipinski definition) is 2. The Bertz CT molecular complexity index is 830.